The number of rotatable bonds is 5. The van der Waals surface area contributed by atoms with Crippen LogP contribution in [0.4, 0.5) is 0 Å². The summed E-state index contributed by atoms with van der Waals surface area (Å²) in [5.74, 6) is 0.401. The number of ether oxygens (including phenoxy) is 1. The Morgan fingerprint density at radius 1 is 1.25 bits per heavy atom. The third-order valence-electron chi connectivity index (χ3n) is 5.13. The van der Waals surface area contributed by atoms with E-state index in [4.69, 9.17) is 16.3 Å². The smallest absolute Gasteiger partial charge is 0.319 e. The molecule has 132 valence electrons. The summed E-state index contributed by atoms with van der Waals surface area (Å²) in [6, 6.07) is 8.21. The number of hydrogen-bond donors (Lipinski definition) is 0. The standard InChI is InChI=1S/C19H26ClNO2S/c1-14(24-17-9-7-16(20)8-10-17)19(22)23-13-15-5-4-12-21-11-3-2-6-18(15)21/h7-10,14-15,18H,2-6,11-13H2,1H3/t14?,15-,18+/m0/s1. The Bertz CT molecular complexity index is 549. The van der Waals surface area contributed by atoms with E-state index in [-0.39, 0.29) is 11.2 Å². The normalized spacial score (nSPS) is 25.8. The van der Waals surface area contributed by atoms with E-state index >= 15 is 0 Å². The minimum atomic E-state index is -0.197. The Kier molecular flexibility index (Phi) is 6.48. The van der Waals surface area contributed by atoms with Gasteiger partial charge >= 0.3 is 5.97 Å². The zero-order valence-corrected chi connectivity index (χ0v) is 15.8. The maximum absolute atomic E-state index is 12.3. The van der Waals surface area contributed by atoms with Crippen LogP contribution in [-0.4, -0.2) is 41.9 Å². The lowest BCUT2D eigenvalue weighted by Gasteiger charge is -2.44. The van der Waals surface area contributed by atoms with Crippen LogP contribution in [0, 0.1) is 5.92 Å². The van der Waals surface area contributed by atoms with Gasteiger partial charge in [-0.2, -0.15) is 0 Å². The summed E-state index contributed by atoms with van der Waals surface area (Å²) in [6.45, 7) is 4.93. The molecule has 0 amide bonds. The molecule has 2 heterocycles. The minimum Gasteiger partial charge on any atom is -0.465 e. The van der Waals surface area contributed by atoms with Crippen molar-refractivity contribution in [2.45, 2.75) is 55.2 Å². The topological polar surface area (TPSA) is 29.5 Å². The van der Waals surface area contributed by atoms with Gasteiger partial charge in [0, 0.05) is 21.9 Å². The summed E-state index contributed by atoms with van der Waals surface area (Å²) >= 11 is 7.42. The van der Waals surface area contributed by atoms with E-state index in [2.05, 4.69) is 4.90 Å². The van der Waals surface area contributed by atoms with Crippen LogP contribution in [0.5, 0.6) is 0 Å². The first kappa shape index (κ1) is 18.1. The summed E-state index contributed by atoms with van der Waals surface area (Å²) < 4.78 is 5.68. The summed E-state index contributed by atoms with van der Waals surface area (Å²) in [5, 5.41) is 0.515. The maximum Gasteiger partial charge on any atom is 0.319 e. The fourth-order valence-electron chi connectivity index (χ4n) is 3.84. The fourth-order valence-corrected chi connectivity index (χ4v) is 4.84. The number of nitrogens with zero attached hydrogens (tertiary/aromatic N) is 1. The van der Waals surface area contributed by atoms with Crippen LogP contribution in [0.3, 0.4) is 0 Å². The highest BCUT2D eigenvalue weighted by Gasteiger charge is 2.33. The second-order valence-corrected chi connectivity index (χ2v) is 8.70. The molecule has 24 heavy (non-hydrogen) atoms. The van der Waals surface area contributed by atoms with Crippen LogP contribution in [0.1, 0.15) is 39.0 Å². The lowest BCUT2D eigenvalue weighted by atomic mass is 9.84. The highest BCUT2D eigenvalue weighted by molar-refractivity contribution is 8.00. The van der Waals surface area contributed by atoms with Crippen molar-refractivity contribution in [2.75, 3.05) is 19.7 Å². The third kappa shape index (κ3) is 4.68. The Balaban J connectivity index is 1.48. The van der Waals surface area contributed by atoms with E-state index in [9.17, 15) is 4.79 Å². The first-order valence-corrected chi connectivity index (χ1v) is 10.2. The highest BCUT2D eigenvalue weighted by atomic mass is 35.5. The lowest BCUT2D eigenvalue weighted by molar-refractivity contribution is -0.145. The van der Waals surface area contributed by atoms with E-state index in [0.717, 1.165) is 4.90 Å². The zero-order valence-electron chi connectivity index (χ0n) is 14.2. The number of carbonyl (C=O) groups is 1. The van der Waals surface area contributed by atoms with Gasteiger partial charge in [-0.3, -0.25) is 9.69 Å². The quantitative estimate of drug-likeness (QED) is 0.560. The minimum absolute atomic E-state index is 0.108. The number of benzene rings is 1. The van der Waals surface area contributed by atoms with Crippen molar-refractivity contribution in [2.24, 2.45) is 5.92 Å². The highest BCUT2D eigenvalue weighted by Crippen LogP contribution is 2.31. The molecule has 5 heteroatoms. The summed E-state index contributed by atoms with van der Waals surface area (Å²) in [5.41, 5.74) is 0. The number of halogens is 1. The first-order valence-electron chi connectivity index (χ1n) is 8.96. The van der Waals surface area contributed by atoms with Crippen molar-refractivity contribution >= 4 is 29.3 Å². The average molecular weight is 368 g/mol. The van der Waals surface area contributed by atoms with Gasteiger partial charge in [0.25, 0.3) is 0 Å². The number of fused-ring (bicyclic) bond motifs is 1. The van der Waals surface area contributed by atoms with Gasteiger partial charge in [0.05, 0.1) is 6.61 Å². The van der Waals surface area contributed by atoms with Gasteiger partial charge in [-0.05, 0) is 70.0 Å². The van der Waals surface area contributed by atoms with Crippen LogP contribution in [0.15, 0.2) is 29.2 Å². The largest absolute Gasteiger partial charge is 0.465 e. The molecule has 2 fully saturated rings. The van der Waals surface area contributed by atoms with Gasteiger partial charge in [0.2, 0.25) is 0 Å². The molecular formula is C19H26ClNO2S. The molecule has 2 aliphatic rings. The molecule has 2 aliphatic heterocycles. The molecule has 3 nitrogen and oxygen atoms in total. The van der Waals surface area contributed by atoms with E-state index in [1.807, 2.05) is 31.2 Å². The molecule has 3 atom stereocenters. The first-order chi connectivity index (χ1) is 11.6. The average Bonchev–Trinajstić information content (AvgIpc) is 2.61. The van der Waals surface area contributed by atoms with Crippen molar-refractivity contribution in [3.05, 3.63) is 29.3 Å². The van der Waals surface area contributed by atoms with E-state index < -0.39 is 0 Å². The van der Waals surface area contributed by atoms with Crippen LogP contribution in [-0.2, 0) is 9.53 Å². The molecule has 1 aromatic rings. The van der Waals surface area contributed by atoms with Crippen molar-refractivity contribution in [3.63, 3.8) is 0 Å². The van der Waals surface area contributed by atoms with Gasteiger partial charge in [-0.15, -0.1) is 11.8 Å². The molecule has 0 saturated carbocycles. The summed E-state index contributed by atoms with van der Waals surface area (Å²) in [4.78, 5) is 16.0. The van der Waals surface area contributed by atoms with Crippen molar-refractivity contribution in [1.29, 1.82) is 0 Å². The molecule has 0 aliphatic carbocycles. The van der Waals surface area contributed by atoms with E-state index in [1.165, 1.54) is 57.0 Å². The fraction of sp³-hybridized carbons (Fsp3) is 0.632. The molecule has 1 unspecified atom stereocenters. The van der Waals surface area contributed by atoms with Crippen LogP contribution >= 0.6 is 23.4 Å². The molecule has 3 rings (SSSR count). The predicted molar refractivity (Wildman–Crippen MR) is 99.7 cm³/mol. The van der Waals surface area contributed by atoms with E-state index in [1.54, 1.807) is 0 Å². The van der Waals surface area contributed by atoms with Crippen molar-refractivity contribution < 1.29 is 9.53 Å². The van der Waals surface area contributed by atoms with Crippen LogP contribution in [0.25, 0.3) is 0 Å². The second kappa shape index (κ2) is 8.59. The van der Waals surface area contributed by atoms with Crippen LogP contribution < -0.4 is 0 Å². The zero-order chi connectivity index (χ0) is 16.9. The molecule has 0 spiro atoms. The maximum atomic E-state index is 12.3. The van der Waals surface area contributed by atoms with Crippen molar-refractivity contribution in [3.8, 4) is 0 Å². The molecule has 0 bridgehead atoms. The van der Waals surface area contributed by atoms with Gasteiger partial charge in [-0.25, -0.2) is 0 Å². The monoisotopic (exact) mass is 367 g/mol. The van der Waals surface area contributed by atoms with Gasteiger partial charge in [-0.1, -0.05) is 18.0 Å². The Labute approximate surface area is 154 Å². The summed E-state index contributed by atoms with van der Waals surface area (Å²) in [6.07, 6.45) is 6.31. The SMILES string of the molecule is CC(Sc1ccc(Cl)cc1)C(=O)OC[C@@H]1CCCN2CCCC[C@H]12. The Hall–Kier alpha value is -0.710. The molecule has 0 radical (unpaired) electrons. The molecule has 2 saturated heterocycles. The molecular weight excluding hydrogens is 342 g/mol. The molecule has 0 aromatic heterocycles. The van der Waals surface area contributed by atoms with Crippen molar-refractivity contribution in [1.82, 2.24) is 4.90 Å². The van der Waals surface area contributed by atoms with Gasteiger partial charge in [0.1, 0.15) is 5.25 Å². The summed E-state index contributed by atoms with van der Waals surface area (Å²) in [7, 11) is 0. The lowest BCUT2D eigenvalue weighted by Crippen LogP contribution is -2.49. The number of hydrogen-bond acceptors (Lipinski definition) is 4. The predicted octanol–water partition coefficient (Wildman–Crippen LogP) is 4.63. The van der Waals surface area contributed by atoms with Gasteiger partial charge in [0.15, 0.2) is 0 Å². The Morgan fingerprint density at radius 3 is 2.79 bits per heavy atom. The Morgan fingerprint density at radius 2 is 2.00 bits per heavy atom. The van der Waals surface area contributed by atoms with E-state index in [0.29, 0.717) is 23.6 Å². The third-order valence-corrected chi connectivity index (χ3v) is 6.47. The number of piperidine rings is 2. The number of carbonyl (C=O) groups excluding carboxylic acids is 1. The van der Waals surface area contributed by atoms with Crippen LogP contribution in [0.2, 0.25) is 5.02 Å². The number of esters is 1. The van der Waals surface area contributed by atoms with Gasteiger partial charge < -0.3 is 4.74 Å². The molecule has 0 N–H and O–H groups in total. The molecule has 1 aromatic carbocycles. The second-order valence-electron chi connectivity index (χ2n) is 6.85. The number of thioether (sulfide) groups is 1.